The number of carbonyl (C=O) groups excluding carboxylic acids is 2. The van der Waals surface area contributed by atoms with E-state index in [1.54, 1.807) is 36.5 Å². The molecule has 0 radical (unpaired) electrons. The van der Waals surface area contributed by atoms with Crippen LogP contribution in [0.1, 0.15) is 10.4 Å². The van der Waals surface area contributed by atoms with E-state index in [0.717, 1.165) is 18.2 Å². The van der Waals surface area contributed by atoms with Gasteiger partial charge in [0, 0.05) is 11.6 Å². The van der Waals surface area contributed by atoms with Gasteiger partial charge in [-0.25, -0.2) is 22.3 Å². The van der Waals surface area contributed by atoms with Crippen molar-refractivity contribution in [1.29, 1.82) is 0 Å². The molecule has 3 aromatic rings. The predicted octanol–water partition coefficient (Wildman–Crippen LogP) is 2.08. The summed E-state index contributed by atoms with van der Waals surface area (Å²) in [4.78, 5) is 28.1. The Labute approximate surface area is 165 Å². The molecule has 0 saturated carbocycles. The van der Waals surface area contributed by atoms with Crippen LogP contribution in [0.4, 0.5) is 10.1 Å². The smallest absolute Gasteiger partial charge is 0.341 e. The molecule has 0 aliphatic rings. The number of ether oxygens (including phenoxy) is 1. The Bertz CT molecular complexity index is 1190. The van der Waals surface area contributed by atoms with Crippen LogP contribution in [0.2, 0.25) is 0 Å². The topological polar surface area (TPSA) is 114 Å². The number of nitrogens with zero attached hydrogens (tertiary/aromatic N) is 1. The van der Waals surface area contributed by atoms with E-state index in [1.165, 1.54) is 7.05 Å². The molecular formula is C19H16FN3O5S. The molecular weight excluding hydrogens is 401 g/mol. The minimum atomic E-state index is -3.87. The first-order valence-corrected chi connectivity index (χ1v) is 9.84. The van der Waals surface area contributed by atoms with Crippen LogP contribution in [0.3, 0.4) is 0 Å². The van der Waals surface area contributed by atoms with Crippen LogP contribution in [0.15, 0.2) is 59.6 Å². The van der Waals surface area contributed by atoms with Crippen LogP contribution in [-0.4, -0.2) is 38.9 Å². The van der Waals surface area contributed by atoms with Crippen molar-refractivity contribution in [3.63, 3.8) is 0 Å². The first-order chi connectivity index (χ1) is 13.8. The van der Waals surface area contributed by atoms with E-state index in [-0.39, 0.29) is 4.90 Å². The number of rotatable bonds is 6. The number of sulfonamides is 1. The molecule has 3 rings (SSSR count). The molecule has 150 valence electrons. The Balaban J connectivity index is 1.71. The molecule has 0 aliphatic heterocycles. The zero-order valence-electron chi connectivity index (χ0n) is 15.2. The molecule has 2 aromatic carbocycles. The molecule has 1 amide bonds. The molecule has 0 fully saturated rings. The van der Waals surface area contributed by atoms with Crippen molar-refractivity contribution in [3.05, 3.63) is 66.1 Å². The quantitative estimate of drug-likeness (QED) is 0.594. The summed E-state index contributed by atoms with van der Waals surface area (Å²) in [6.45, 7) is -0.683. The lowest BCUT2D eigenvalue weighted by molar-refractivity contribution is -0.119. The fourth-order valence-electron chi connectivity index (χ4n) is 2.55. The second-order valence-electron chi connectivity index (χ2n) is 5.85. The molecule has 0 unspecified atom stereocenters. The van der Waals surface area contributed by atoms with E-state index in [1.807, 2.05) is 0 Å². The highest BCUT2D eigenvalue weighted by Gasteiger charge is 2.20. The maximum atomic E-state index is 13.9. The van der Waals surface area contributed by atoms with Gasteiger partial charge in [-0.2, -0.15) is 0 Å². The number of esters is 1. The molecule has 2 N–H and O–H groups in total. The number of halogens is 1. The lowest BCUT2D eigenvalue weighted by Gasteiger charge is -2.10. The van der Waals surface area contributed by atoms with Crippen molar-refractivity contribution in [2.75, 3.05) is 19.0 Å². The van der Waals surface area contributed by atoms with E-state index >= 15 is 0 Å². The van der Waals surface area contributed by atoms with Crippen molar-refractivity contribution in [2.24, 2.45) is 0 Å². The fraction of sp³-hybridized carbons (Fsp3) is 0.105. The highest BCUT2D eigenvalue weighted by atomic mass is 32.2. The summed E-state index contributed by atoms with van der Waals surface area (Å²) in [6.07, 6.45) is 1.62. The number of fused-ring (bicyclic) bond motifs is 1. The average Bonchev–Trinajstić information content (AvgIpc) is 2.72. The van der Waals surface area contributed by atoms with Gasteiger partial charge in [0.2, 0.25) is 10.0 Å². The first kappa shape index (κ1) is 20.4. The first-order valence-electron chi connectivity index (χ1n) is 8.35. The minimum absolute atomic E-state index is 0.305. The Kier molecular flexibility index (Phi) is 5.85. The average molecular weight is 417 g/mol. The molecule has 29 heavy (non-hydrogen) atoms. The third kappa shape index (κ3) is 4.55. The van der Waals surface area contributed by atoms with Crippen molar-refractivity contribution < 1.29 is 27.1 Å². The lowest BCUT2D eigenvalue weighted by atomic mass is 10.2. The van der Waals surface area contributed by atoms with Crippen LogP contribution < -0.4 is 10.0 Å². The SMILES string of the molecule is CNS(=O)(=O)c1ccc(F)c(C(=O)OCC(=O)Nc2cccc3ncccc23)c1. The number of aromatic nitrogens is 1. The van der Waals surface area contributed by atoms with Gasteiger partial charge in [-0.3, -0.25) is 9.78 Å². The number of hydrogen-bond acceptors (Lipinski definition) is 6. The van der Waals surface area contributed by atoms with E-state index < -0.39 is 39.9 Å². The van der Waals surface area contributed by atoms with Crippen molar-refractivity contribution in [1.82, 2.24) is 9.71 Å². The maximum absolute atomic E-state index is 13.9. The van der Waals surface area contributed by atoms with Crippen molar-refractivity contribution in [3.8, 4) is 0 Å². The Morgan fingerprint density at radius 3 is 2.69 bits per heavy atom. The summed E-state index contributed by atoms with van der Waals surface area (Å²) in [7, 11) is -2.69. The molecule has 1 heterocycles. The van der Waals surface area contributed by atoms with Crippen LogP contribution >= 0.6 is 0 Å². The van der Waals surface area contributed by atoms with Crippen LogP contribution in [0.5, 0.6) is 0 Å². The number of benzene rings is 2. The Morgan fingerprint density at radius 2 is 1.93 bits per heavy atom. The van der Waals surface area contributed by atoms with Crippen LogP contribution in [-0.2, 0) is 19.6 Å². The maximum Gasteiger partial charge on any atom is 0.341 e. The summed E-state index contributed by atoms with van der Waals surface area (Å²) in [5, 5.41) is 3.30. The van der Waals surface area contributed by atoms with Crippen LogP contribution in [0.25, 0.3) is 10.9 Å². The molecule has 0 bridgehead atoms. The predicted molar refractivity (Wildman–Crippen MR) is 103 cm³/mol. The molecule has 0 atom stereocenters. The van der Waals surface area contributed by atoms with E-state index in [9.17, 15) is 22.4 Å². The van der Waals surface area contributed by atoms with Crippen molar-refractivity contribution >= 4 is 38.5 Å². The molecule has 0 saturated heterocycles. The zero-order valence-corrected chi connectivity index (χ0v) is 16.0. The standard InChI is InChI=1S/C19H16FN3O5S/c1-21-29(26,27)12-7-8-15(20)14(10-12)19(25)28-11-18(24)23-17-6-2-5-16-13(17)4-3-9-22-16/h2-10,21H,11H2,1H3,(H,23,24). The third-order valence-corrected chi connectivity index (χ3v) is 5.40. The molecule has 10 heteroatoms. The lowest BCUT2D eigenvalue weighted by Crippen LogP contribution is -2.22. The largest absolute Gasteiger partial charge is 0.452 e. The van der Waals surface area contributed by atoms with E-state index in [2.05, 4.69) is 15.0 Å². The summed E-state index contributed by atoms with van der Waals surface area (Å²) in [5.41, 5.74) is 0.556. The van der Waals surface area contributed by atoms with E-state index in [0.29, 0.717) is 16.6 Å². The molecule has 8 nitrogen and oxygen atoms in total. The number of hydrogen-bond donors (Lipinski definition) is 2. The highest BCUT2D eigenvalue weighted by Crippen LogP contribution is 2.21. The van der Waals surface area contributed by atoms with E-state index in [4.69, 9.17) is 4.74 Å². The van der Waals surface area contributed by atoms with Gasteiger partial charge in [-0.05, 0) is 49.5 Å². The summed E-state index contributed by atoms with van der Waals surface area (Å²) in [6, 6.07) is 11.3. The Morgan fingerprint density at radius 1 is 1.14 bits per heavy atom. The second kappa shape index (κ2) is 8.33. The van der Waals surface area contributed by atoms with Crippen molar-refractivity contribution in [2.45, 2.75) is 4.90 Å². The van der Waals surface area contributed by atoms with Gasteiger partial charge in [0.15, 0.2) is 6.61 Å². The fourth-order valence-corrected chi connectivity index (χ4v) is 3.31. The number of carbonyl (C=O) groups is 2. The van der Waals surface area contributed by atoms with Crippen LogP contribution in [0, 0.1) is 5.82 Å². The number of amides is 1. The summed E-state index contributed by atoms with van der Waals surface area (Å²) >= 11 is 0. The zero-order chi connectivity index (χ0) is 21.0. The monoisotopic (exact) mass is 417 g/mol. The number of pyridine rings is 1. The number of nitrogens with one attached hydrogen (secondary N) is 2. The third-order valence-electron chi connectivity index (χ3n) is 3.99. The Hall–Kier alpha value is -3.37. The van der Waals surface area contributed by atoms with Gasteiger partial charge in [-0.1, -0.05) is 6.07 Å². The normalized spacial score (nSPS) is 11.2. The second-order valence-corrected chi connectivity index (χ2v) is 7.74. The van der Waals surface area contributed by atoms with Gasteiger partial charge in [0.05, 0.1) is 21.7 Å². The van der Waals surface area contributed by atoms with Gasteiger partial charge in [0.25, 0.3) is 5.91 Å². The van der Waals surface area contributed by atoms with Gasteiger partial charge in [-0.15, -0.1) is 0 Å². The summed E-state index contributed by atoms with van der Waals surface area (Å²) in [5.74, 6) is -2.77. The number of anilines is 1. The van der Waals surface area contributed by atoms with Gasteiger partial charge >= 0.3 is 5.97 Å². The molecule has 1 aromatic heterocycles. The van der Waals surface area contributed by atoms with Gasteiger partial charge < -0.3 is 10.1 Å². The minimum Gasteiger partial charge on any atom is -0.452 e. The molecule has 0 aliphatic carbocycles. The summed E-state index contributed by atoms with van der Waals surface area (Å²) < 4.78 is 44.4. The highest BCUT2D eigenvalue weighted by molar-refractivity contribution is 7.89. The molecule has 0 spiro atoms. The van der Waals surface area contributed by atoms with Gasteiger partial charge in [0.1, 0.15) is 5.82 Å².